The predicted octanol–water partition coefficient (Wildman–Crippen LogP) is -10.3. The van der Waals surface area contributed by atoms with E-state index in [2.05, 4.69) is 28.2 Å². The number of aliphatic carboxylic acids is 4. The Labute approximate surface area is 703 Å². The third-order valence-corrected chi connectivity index (χ3v) is 24.3. The lowest BCUT2D eigenvalue weighted by atomic mass is 9.70. The van der Waals surface area contributed by atoms with Crippen LogP contribution >= 0.6 is 0 Å². The van der Waals surface area contributed by atoms with Crippen molar-refractivity contribution in [2.24, 2.45) is 22.9 Å². The van der Waals surface area contributed by atoms with Crippen molar-refractivity contribution in [1.82, 2.24) is 0 Å². The van der Waals surface area contributed by atoms with Crippen molar-refractivity contribution >= 4 is 74.2 Å². The van der Waals surface area contributed by atoms with Crippen LogP contribution < -0.4 is 66.1 Å². The van der Waals surface area contributed by atoms with Crippen LogP contribution in [0.4, 0.5) is 0 Å². The molecule has 4 aromatic rings. The molecule has 8 rings (SSSR count). The molecule has 0 spiro atoms. The number of nitrogens with two attached hydrogens (primary N) is 8. The second-order valence-electron chi connectivity index (χ2n) is 31.7. The summed E-state index contributed by atoms with van der Waals surface area (Å²) in [5, 5.41) is 163. The molecule has 0 aromatic heterocycles. The van der Waals surface area contributed by atoms with Crippen molar-refractivity contribution in [2.45, 2.75) is 258 Å². The highest BCUT2D eigenvalue weighted by atomic mass is 16.7. The zero-order valence-corrected chi connectivity index (χ0v) is 71.8. The molecule has 4 heterocycles. The van der Waals surface area contributed by atoms with Gasteiger partial charge in [0.05, 0.1) is 77.0 Å². The molecule has 0 bridgehead atoms. The topological polar surface area (TPSA) is 636 Å². The number of quaternary nitrogens is 4. The van der Waals surface area contributed by atoms with Crippen LogP contribution in [0.25, 0.3) is 0 Å². The molecule has 4 fully saturated rings. The molecule has 0 aliphatic carbocycles. The maximum Gasteiger partial charge on any atom is 0.495 e. The standard InChI is InChI=1S/4C20H33BN2O7/c1-9-11(3)17(12(4)10(2)13(9)6-14(22)20(27)28)21-29-16(7-23-5)19(30-21)18(26)15(25)8-24;1-9-11(3)17(12(4)10(2)13(9)6-14(22)20(27)28)21-29-8-16(30-21)19(26)18(25)15(24)7-23-5;1-9-11(3)17(12(4)10(2)13(9)6-14(22)20(27)28)21-29-16(8-24)19(30-21)18(26)15(25)7-23-5;1-9-11(3)17(12(4)10(2)13(9)6-14(22)20(27)28)21-29-18(15(25)7-23-5)19(30-21)16(26)8-24/h4*14-16,18-19,24-26H,5-8,22-23H2,1-4H3,(H,27,28)/t14?,15-,16+,18-,19-;3*14?,15-,16+,18+,19+/m1000/s1. The van der Waals surface area contributed by atoms with Gasteiger partial charge in [0.2, 0.25) is 0 Å². The number of hydrogen-bond donors (Lipinski definition) is 24. The van der Waals surface area contributed by atoms with Gasteiger partial charge in [0.1, 0.15) is 97.4 Å². The Hall–Kier alpha value is -6.10. The number of benzene rings is 4. The Balaban J connectivity index is 0.000000285. The van der Waals surface area contributed by atoms with Crippen molar-refractivity contribution < 1.29 is 159 Å². The Bertz CT molecular complexity index is 4010. The van der Waals surface area contributed by atoms with Gasteiger partial charge in [-0.3, -0.25) is 19.2 Å². The molecule has 4 aromatic carbocycles. The summed E-state index contributed by atoms with van der Waals surface area (Å²) in [6.45, 7) is 30.0. The van der Waals surface area contributed by atoms with E-state index in [1.54, 1.807) is 10.6 Å². The molecule has 32 N–H and O–H groups in total. The second-order valence-corrected chi connectivity index (χ2v) is 31.7. The van der Waals surface area contributed by atoms with Crippen LogP contribution in [-0.4, -0.2) is 308 Å². The summed E-state index contributed by atoms with van der Waals surface area (Å²) in [4.78, 5) is 44.8. The van der Waals surface area contributed by atoms with E-state index in [0.717, 1.165) is 133 Å². The summed E-state index contributed by atoms with van der Waals surface area (Å²) in [7, 11) is 11.2. The first-order valence-electron chi connectivity index (χ1n) is 40.0. The zero-order valence-electron chi connectivity index (χ0n) is 71.8. The van der Waals surface area contributed by atoms with E-state index in [9.17, 15) is 95.8 Å². The number of aliphatic hydroxyl groups is 12. The number of carboxylic acids is 4. The second kappa shape index (κ2) is 46.7. The molecule has 4 saturated heterocycles. The van der Waals surface area contributed by atoms with Gasteiger partial charge in [-0.05, 0) is 270 Å². The van der Waals surface area contributed by atoms with Crippen LogP contribution in [0.1, 0.15) is 111 Å². The lowest BCUT2D eigenvalue weighted by Crippen LogP contribution is -2.80. The number of hydrogen-bond acceptors (Lipinski definition) is 28. The lowest BCUT2D eigenvalue weighted by Gasteiger charge is -2.26. The minimum atomic E-state index is -1.39. The van der Waals surface area contributed by atoms with Crippen LogP contribution in [0.5, 0.6) is 0 Å². The summed E-state index contributed by atoms with van der Waals surface area (Å²) in [6, 6.07) is -4.00. The molecular weight excluding hydrogens is 1560 g/mol. The molecule has 0 amide bonds. The minimum absolute atomic E-state index is 0.0618. The third-order valence-electron chi connectivity index (χ3n) is 24.3. The Morgan fingerprint density at radius 2 is 0.650 bits per heavy atom. The molecule has 40 heteroatoms. The first-order valence-corrected chi connectivity index (χ1v) is 40.0. The van der Waals surface area contributed by atoms with Gasteiger partial charge in [0.25, 0.3) is 0 Å². The number of carbonyl (C=O) groups is 4. The van der Waals surface area contributed by atoms with Crippen LogP contribution in [-0.2, 0) is 82.1 Å². The molecule has 672 valence electrons. The fraction of sp³-hybridized carbons (Fsp3) is 0.600. The fourth-order valence-corrected chi connectivity index (χ4v) is 15.9. The van der Waals surface area contributed by atoms with Gasteiger partial charge in [0, 0.05) is 0 Å². The first-order chi connectivity index (χ1) is 56.1. The smallest absolute Gasteiger partial charge is 0.480 e. The quantitative estimate of drug-likeness (QED) is 0.0148. The maximum atomic E-state index is 11.2. The van der Waals surface area contributed by atoms with Gasteiger partial charge in [-0.25, -0.2) is 0 Å². The highest BCUT2D eigenvalue weighted by Gasteiger charge is 2.52. The van der Waals surface area contributed by atoms with Gasteiger partial charge in [-0.15, -0.1) is 0 Å². The third kappa shape index (κ3) is 24.5. The van der Waals surface area contributed by atoms with Crippen molar-refractivity contribution in [3.8, 4) is 0 Å². The molecule has 4 unspecified atom stereocenters. The minimum Gasteiger partial charge on any atom is -0.480 e. The fourth-order valence-electron chi connectivity index (χ4n) is 15.9. The summed E-state index contributed by atoms with van der Waals surface area (Å²) < 4.78 is 47.6. The summed E-state index contributed by atoms with van der Waals surface area (Å²) >= 11 is 0. The number of carboxylic acid groups (broad SMARTS) is 4. The lowest BCUT2D eigenvalue weighted by molar-refractivity contribution is -0.605. The Kier molecular flexibility index (Phi) is 40.7. The van der Waals surface area contributed by atoms with Gasteiger partial charge in [-0.2, -0.15) is 28.2 Å². The summed E-state index contributed by atoms with van der Waals surface area (Å²) in [5.41, 5.74) is 44.0. The van der Waals surface area contributed by atoms with E-state index in [1.807, 2.05) is 111 Å². The highest BCUT2D eigenvalue weighted by Crippen LogP contribution is 2.33. The SMILES string of the molecule is [CH2-][NH2+]C[C@@H]1OB(c2c(C)c(C)c(CC(N)C(=O)O)c(C)c2C)O[C@H]1[C@H](O)[C@H](O)CO.[CH2-][NH2+]C[C@H](O)[C@@H](O)[C@@H]1OB(c2c(C)c(C)c(CC(N)C(=O)O)c(C)c2C)O[C@@H]1CO.[CH2-][NH2+]C[C@H](O)[C@@H](O)[C@H](O)[C@H]1COB(c2c(C)c(C)c(CC(N)C(=O)O)c(C)c2C)O1.[CH2-][NH2+]C[C@H](O)[C@H]1OB(c2c(C)c(C)c(CC(N)C(=O)O)c(C)c2C)O[C@@H]1[C@H](O)CO. The van der Waals surface area contributed by atoms with E-state index >= 15 is 0 Å². The van der Waals surface area contributed by atoms with Crippen LogP contribution in [0.15, 0.2) is 0 Å². The van der Waals surface area contributed by atoms with Crippen LogP contribution in [0.2, 0.25) is 0 Å². The molecule has 120 heavy (non-hydrogen) atoms. The van der Waals surface area contributed by atoms with E-state index in [-0.39, 0.29) is 58.5 Å². The maximum absolute atomic E-state index is 11.2. The zero-order chi connectivity index (χ0) is 91.0. The first kappa shape index (κ1) is 104. The number of rotatable bonds is 36. The molecule has 0 saturated carbocycles. The molecule has 36 nitrogen and oxygen atoms in total. The average Bonchev–Trinajstić information content (AvgIpc) is 1.63. The van der Waals surface area contributed by atoms with E-state index in [4.69, 9.17) is 65.3 Å². The van der Waals surface area contributed by atoms with Crippen LogP contribution in [0, 0.1) is 139 Å². The highest BCUT2D eigenvalue weighted by molar-refractivity contribution is 6.64. The monoisotopic (exact) mass is 1700 g/mol. The van der Waals surface area contributed by atoms with E-state index in [1.165, 1.54) is 10.6 Å². The molecule has 0 radical (unpaired) electrons. The molecular formula is C80H132B4N8O28. The average molecular weight is 1700 g/mol. The van der Waals surface area contributed by atoms with E-state index < -0.39 is 187 Å². The van der Waals surface area contributed by atoms with Gasteiger partial charge < -0.3 is 163 Å². The Morgan fingerprint density at radius 3 is 0.958 bits per heavy atom. The van der Waals surface area contributed by atoms with Crippen molar-refractivity contribution in [3.63, 3.8) is 0 Å². The summed E-state index contributed by atoms with van der Waals surface area (Å²) in [5.74, 6) is -4.22. The van der Waals surface area contributed by atoms with Crippen molar-refractivity contribution in [2.75, 3.05) is 52.6 Å². The van der Waals surface area contributed by atoms with Gasteiger partial charge in [-0.1, -0.05) is 0 Å². The predicted molar refractivity (Wildman–Crippen MR) is 444 cm³/mol. The van der Waals surface area contributed by atoms with Crippen molar-refractivity contribution in [3.05, 3.63) is 139 Å². The van der Waals surface area contributed by atoms with Gasteiger partial charge >= 0.3 is 52.4 Å². The van der Waals surface area contributed by atoms with Crippen LogP contribution in [0.3, 0.4) is 0 Å². The molecule has 4 aliphatic rings. The van der Waals surface area contributed by atoms with E-state index in [0.29, 0.717) is 6.54 Å². The number of aliphatic hydroxyl groups excluding tert-OH is 12. The van der Waals surface area contributed by atoms with Crippen molar-refractivity contribution in [1.29, 1.82) is 0 Å². The Morgan fingerprint density at radius 1 is 0.358 bits per heavy atom. The largest absolute Gasteiger partial charge is 0.495 e. The van der Waals surface area contributed by atoms with Gasteiger partial charge in [0.15, 0.2) is 0 Å². The normalized spacial score (nSPS) is 21.9. The molecule has 20 atom stereocenters. The molecule has 4 aliphatic heterocycles. The summed E-state index contributed by atoms with van der Waals surface area (Å²) in [6.07, 6.45) is -15.8.